The Morgan fingerprint density at radius 2 is 2.00 bits per heavy atom. The number of hydrogen-bond acceptors (Lipinski definition) is 2. The number of carboxylic acid groups (broad SMARTS) is 1. The molecular formula is C14H19ClN2O3. The number of anilines is 1. The van der Waals surface area contributed by atoms with E-state index < -0.39 is 5.97 Å². The van der Waals surface area contributed by atoms with Crippen molar-refractivity contribution in [1.29, 1.82) is 0 Å². The number of carbonyl (C=O) groups is 2. The van der Waals surface area contributed by atoms with Gasteiger partial charge in [0.05, 0.1) is 5.56 Å². The normalized spacial score (nSPS) is 10.2. The summed E-state index contributed by atoms with van der Waals surface area (Å²) in [6.07, 6.45) is 3.10. The summed E-state index contributed by atoms with van der Waals surface area (Å²) in [6, 6.07) is 3.96. The van der Waals surface area contributed by atoms with Gasteiger partial charge in [0, 0.05) is 24.3 Å². The number of nitrogens with one attached hydrogen (secondary N) is 1. The van der Waals surface area contributed by atoms with Crippen LogP contribution in [0.5, 0.6) is 0 Å². The van der Waals surface area contributed by atoms with E-state index in [1.807, 2.05) is 0 Å². The average molecular weight is 299 g/mol. The zero-order chi connectivity index (χ0) is 15.1. The first-order valence-corrected chi connectivity index (χ1v) is 6.88. The summed E-state index contributed by atoms with van der Waals surface area (Å²) in [5.41, 5.74) is 0.420. The first-order chi connectivity index (χ1) is 9.43. The lowest BCUT2D eigenvalue weighted by Crippen LogP contribution is -2.32. The first kappa shape index (κ1) is 16.3. The predicted octanol–water partition coefficient (Wildman–Crippen LogP) is 3.69. The van der Waals surface area contributed by atoms with Crippen LogP contribution in [0.15, 0.2) is 18.2 Å². The van der Waals surface area contributed by atoms with E-state index in [4.69, 9.17) is 16.7 Å². The van der Waals surface area contributed by atoms with Crippen molar-refractivity contribution in [2.24, 2.45) is 0 Å². The van der Waals surface area contributed by atoms with Crippen LogP contribution in [0.1, 0.15) is 36.5 Å². The summed E-state index contributed by atoms with van der Waals surface area (Å²) in [5.74, 6) is -1.08. The van der Waals surface area contributed by atoms with Crippen molar-refractivity contribution in [3.05, 3.63) is 28.8 Å². The Kier molecular flexibility index (Phi) is 6.31. The highest BCUT2D eigenvalue weighted by Gasteiger charge is 2.11. The average Bonchev–Trinajstić information content (AvgIpc) is 2.38. The van der Waals surface area contributed by atoms with Gasteiger partial charge in [-0.15, -0.1) is 0 Å². The number of benzene rings is 1. The zero-order valence-electron chi connectivity index (χ0n) is 11.6. The minimum absolute atomic E-state index is 0.0430. The van der Waals surface area contributed by atoms with Gasteiger partial charge in [0.25, 0.3) is 0 Å². The Bertz CT molecular complexity index is 491. The number of hydrogen-bond donors (Lipinski definition) is 2. The van der Waals surface area contributed by atoms with E-state index in [2.05, 4.69) is 12.2 Å². The van der Waals surface area contributed by atoms with Crippen LogP contribution in [0.3, 0.4) is 0 Å². The lowest BCUT2D eigenvalue weighted by atomic mass is 10.2. The van der Waals surface area contributed by atoms with E-state index in [-0.39, 0.29) is 16.6 Å². The zero-order valence-corrected chi connectivity index (χ0v) is 12.4. The molecule has 0 aliphatic carbocycles. The topological polar surface area (TPSA) is 69.6 Å². The molecule has 0 aliphatic heterocycles. The minimum Gasteiger partial charge on any atom is -0.478 e. The predicted molar refractivity (Wildman–Crippen MR) is 79.6 cm³/mol. The standard InChI is InChI=1S/C14H19ClN2O3/c1-3-4-5-6-17(2)14(20)16-12-8-10(13(18)19)7-11(15)9-12/h7-9H,3-6H2,1-2H3,(H,16,20)(H,18,19). The van der Waals surface area contributed by atoms with Crippen molar-refractivity contribution in [2.75, 3.05) is 18.9 Å². The van der Waals surface area contributed by atoms with Crippen molar-refractivity contribution in [1.82, 2.24) is 4.90 Å². The number of urea groups is 1. The summed E-state index contributed by atoms with van der Waals surface area (Å²) in [6.45, 7) is 2.76. The maximum absolute atomic E-state index is 11.9. The highest BCUT2D eigenvalue weighted by Crippen LogP contribution is 2.19. The number of carboxylic acids is 1. The van der Waals surface area contributed by atoms with Crippen LogP contribution in [0.25, 0.3) is 0 Å². The third kappa shape index (κ3) is 5.09. The summed E-state index contributed by atoms with van der Waals surface area (Å²) in [5, 5.41) is 11.9. The molecule has 0 atom stereocenters. The van der Waals surface area contributed by atoms with Crippen molar-refractivity contribution < 1.29 is 14.7 Å². The largest absolute Gasteiger partial charge is 0.478 e. The molecule has 0 aliphatic rings. The second-order valence-corrected chi connectivity index (χ2v) is 5.03. The van der Waals surface area contributed by atoms with Gasteiger partial charge in [0.2, 0.25) is 0 Å². The Balaban J connectivity index is 2.67. The second-order valence-electron chi connectivity index (χ2n) is 4.59. The smallest absolute Gasteiger partial charge is 0.335 e. The number of amides is 2. The van der Waals surface area contributed by atoms with Crippen LogP contribution in [0.4, 0.5) is 10.5 Å². The molecular weight excluding hydrogens is 280 g/mol. The molecule has 6 heteroatoms. The molecule has 0 unspecified atom stereocenters. The molecule has 0 bridgehead atoms. The quantitative estimate of drug-likeness (QED) is 0.787. The fourth-order valence-corrected chi connectivity index (χ4v) is 1.94. The van der Waals surface area contributed by atoms with Crippen LogP contribution in [0, 0.1) is 0 Å². The Labute approximate surface area is 123 Å². The van der Waals surface area contributed by atoms with Crippen molar-refractivity contribution >= 4 is 29.3 Å². The number of aromatic carboxylic acids is 1. The summed E-state index contributed by atoms with van der Waals surface area (Å²) < 4.78 is 0. The van der Waals surface area contributed by atoms with E-state index >= 15 is 0 Å². The SMILES string of the molecule is CCCCCN(C)C(=O)Nc1cc(Cl)cc(C(=O)O)c1. The Morgan fingerprint density at radius 1 is 1.30 bits per heavy atom. The van der Waals surface area contributed by atoms with Gasteiger partial charge in [0.1, 0.15) is 0 Å². The maximum Gasteiger partial charge on any atom is 0.335 e. The molecule has 0 aromatic heterocycles. The fourth-order valence-electron chi connectivity index (χ4n) is 1.70. The molecule has 110 valence electrons. The molecule has 0 saturated carbocycles. The fraction of sp³-hybridized carbons (Fsp3) is 0.429. The molecule has 5 nitrogen and oxygen atoms in total. The van der Waals surface area contributed by atoms with Crippen molar-refractivity contribution in [3.8, 4) is 0 Å². The van der Waals surface area contributed by atoms with Crippen molar-refractivity contribution in [3.63, 3.8) is 0 Å². The molecule has 0 radical (unpaired) electrons. The van der Waals surface area contributed by atoms with Gasteiger partial charge in [-0.2, -0.15) is 0 Å². The Morgan fingerprint density at radius 3 is 2.60 bits per heavy atom. The van der Waals surface area contributed by atoms with Gasteiger partial charge >= 0.3 is 12.0 Å². The lowest BCUT2D eigenvalue weighted by Gasteiger charge is -2.18. The first-order valence-electron chi connectivity index (χ1n) is 6.50. The van der Waals surface area contributed by atoms with Crippen LogP contribution >= 0.6 is 11.6 Å². The van der Waals surface area contributed by atoms with Gasteiger partial charge in [0.15, 0.2) is 0 Å². The summed E-state index contributed by atoms with van der Waals surface area (Å²) in [4.78, 5) is 24.4. The van der Waals surface area contributed by atoms with E-state index in [0.29, 0.717) is 12.2 Å². The number of carbonyl (C=O) groups excluding carboxylic acids is 1. The van der Waals surface area contributed by atoms with Gasteiger partial charge in [-0.25, -0.2) is 9.59 Å². The third-order valence-electron chi connectivity index (χ3n) is 2.84. The molecule has 0 saturated heterocycles. The molecule has 0 fully saturated rings. The monoisotopic (exact) mass is 298 g/mol. The molecule has 1 aromatic rings. The summed E-state index contributed by atoms with van der Waals surface area (Å²) in [7, 11) is 1.70. The second kappa shape index (κ2) is 7.75. The number of nitrogens with zero attached hydrogens (tertiary/aromatic N) is 1. The van der Waals surface area contributed by atoms with Crippen molar-refractivity contribution in [2.45, 2.75) is 26.2 Å². The highest BCUT2D eigenvalue weighted by molar-refractivity contribution is 6.31. The molecule has 0 spiro atoms. The molecule has 2 N–H and O–H groups in total. The highest BCUT2D eigenvalue weighted by atomic mass is 35.5. The maximum atomic E-state index is 11.9. The molecule has 0 heterocycles. The van der Waals surface area contributed by atoms with Crippen LogP contribution in [-0.2, 0) is 0 Å². The van der Waals surface area contributed by atoms with Gasteiger partial charge in [-0.3, -0.25) is 0 Å². The minimum atomic E-state index is -1.08. The summed E-state index contributed by atoms with van der Waals surface area (Å²) >= 11 is 5.83. The van der Waals surface area contributed by atoms with E-state index in [9.17, 15) is 9.59 Å². The van der Waals surface area contributed by atoms with Gasteiger partial charge < -0.3 is 15.3 Å². The molecule has 1 rings (SSSR count). The van der Waals surface area contributed by atoms with E-state index in [1.165, 1.54) is 18.2 Å². The van der Waals surface area contributed by atoms with E-state index in [0.717, 1.165) is 19.3 Å². The Hall–Kier alpha value is -1.75. The van der Waals surface area contributed by atoms with Gasteiger partial charge in [-0.1, -0.05) is 31.4 Å². The third-order valence-corrected chi connectivity index (χ3v) is 3.06. The number of rotatable bonds is 6. The molecule has 20 heavy (non-hydrogen) atoms. The van der Waals surface area contributed by atoms with Crippen LogP contribution < -0.4 is 5.32 Å². The van der Waals surface area contributed by atoms with Crippen LogP contribution in [-0.4, -0.2) is 35.6 Å². The van der Waals surface area contributed by atoms with Gasteiger partial charge in [-0.05, 0) is 24.6 Å². The van der Waals surface area contributed by atoms with Crippen LogP contribution in [0.2, 0.25) is 5.02 Å². The lowest BCUT2D eigenvalue weighted by molar-refractivity contribution is 0.0697. The molecule has 2 amide bonds. The number of unbranched alkanes of at least 4 members (excludes halogenated alkanes) is 2. The molecule has 1 aromatic carbocycles. The number of halogens is 1. The van der Waals surface area contributed by atoms with E-state index in [1.54, 1.807) is 11.9 Å².